The number of hydrogen-bond donors (Lipinski definition) is 2. The molecule has 1 saturated heterocycles. The van der Waals surface area contributed by atoms with E-state index in [0.29, 0.717) is 60.7 Å². The van der Waals surface area contributed by atoms with Crippen LogP contribution in [0, 0.1) is 12.7 Å². The normalized spacial score (nSPS) is 17.3. The van der Waals surface area contributed by atoms with Gasteiger partial charge in [0.05, 0.1) is 30.8 Å². The minimum absolute atomic E-state index is 0.0945. The summed E-state index contributed by atoms with van der Waals surface area (Å²) in [7, 11) is 1.54. The maximum atomic E-state index is 14.9. The van der Waals surface area contributed by atoms with Gasteiger partial charge in [-0.2, -0.15) is 0 Å². The van der Waals surface area contributed by atoms with E-state index >= 15 is 0 Å². The molecular weight excluding hydrogens is 461 g/mol. The monoisotopic (exact) mass is 490 g/mol. The first kappa shape index (κ1) is 25.0. The van der Waals surface area contributed by atoms with E-state index in [1.807, 2.05) is 0 Å². The fourth-order valence-corrected chi connectivity index (χ4v) is 4.05. The third-order valence-corrected chi connectivity index (χ3v) is 5.84. The van der Waals surface area contributed by atoms with Crippen LogP contribution in [-0.4, -0.2) is 49.5 Å². The fourth-order valence-electron chi connectivity index (χ4n) is 4.05. The molecule has 2 atom stereocenters. The average molecular weight is 491 g/mol. The third kappa shape index (κ3) is 5.59. The molecule has 1 aliphatic heterocycles. The molecule has 35 heavy (non-hydrogen) atoms. The molecule has 0 unspecified atom stereocenters. The zero-order valence-electron chi connectivity index (χ0n) is 20.1. The highest BCUT2D eigenvalue weighted by atomic mass is 19.3. The van der Waals surface area contributed by atoms with E-state index in [1.165, 1.54) is 12.1 Å². The number of morpholine rings is 1. The van der Waals surface area contributed by atoms with Gasteiger partial charge in [-0.3, -0.25) is 0 Å². The Morgan fingerprint density at radius 2 is 2.06 bits per heavy atom. The van der Waals surface area contributed by atoms with Gasteiger partial charge >= 0.3 is 0 Å². The lowest BCUT2D eigenvalue weighted by atomic mass is 10.0. The standard InChI is InChI=1S/C25H29F3N4O3/c1-14(17-6-5-7-19(23(17)26)25(3,27)28)30-24-18-10-22(35-13-16-12-29-8-9-34-16)21(33-4)11-20(18)31-15(2)32-24/h5-7,10-11,14,16,29H,8-9,12-13H2,1-4H3,(H,30,31,32)/t14-,16-/m1/s1. The van der Waals surface area contributed by atoms with Gasteiger partial charge in [-0.05, 0) is 19.9 Å². The van der Waals surface area contributed by atoms with Crippen molar-refractivity contribution in [3.63, 3.8) is 0 Å². The van der Waals surface area contributed by atoms with Crippen molar-refractivity contribution in [1.82, 2.24) is 15.3 Å². The highest BCUT2D eigenvalue weighted by Gasteiger charge is 2.30. The molecule has 2 aromatic carbocycles. The second kappa shape index (κ2) is 10.2. The molecule has 188 valence electrons. The van der Waals surface area contributed by atoms with E-state index in [0.717, 1.165) is 12.6 Å². The van der Waals surface area contributed by atoms with Crippen molar-refractivity contribution in [1.29, 1.82) is 0 Å². The molecule has 1 aliphatic rings. The summed E-state index contributed by atoms with van der Waals surface area (Å²) in [6.07, 6.45) is -0.0945. The van der Waals surface area contributed by atoms with Gasteiger partial charge in [0.15, 0.2) is 11.5 Å². The second-order valence-electron chi connectivity index (χ2n) is 8.61. The maximum Gasteiger partial charge on any atom is 0.273 e. The summed E-state index contributed by atoms with van der Waals surface area (Å²) < 4.78 is 59.8. The van der Waals surface area contributed by atoms with Crippen molar-refractivity contribution in [2.24, 2.45) is 0 Å². The van der Waals surface area contributed by atoms with E-state index in [-0.39, 0.29) is 11.7 Å². The number of hydrogen-bond acceptors (Lipinski definition) is 7. The number of nitrogens with zero attached hydrogens (tertiary/aromatic N) is 2. The van der Waals surface area contributed by atoms with Crippen molar-refractivity contribution in [2.45, 2.75) is 38.8 Å². The third-order valence-electron chi connectivity index (χ3n) is 5.84. The van der Waals surface area contributed by atoms with Crippen LogP contribution in [0.5, 0.6) is 11.5 Å². The summed E-state index contributed by atoms with van der Waals surface area (Å²) in [4.78, 5) is 8.98. The molecular formula is C25H29F3N4O3. The Labute approximate surface area is 202 Å². The summed E-state index contributed by atoms with van der Waals surface area (Å²) in [6, 6.07) is 6.85. The van der Waals surface area contributed by atoms with Crippen LogP contribution in [0.4, 0.5) is 19.0 Å². The highest BCUT2D eigenvalue weighted by molar-refractivity contribution is 5.92. The Hall–Kier alpha value is -3.11. The first-order valence-electron chi connectivity index (χ1n) is 11.4. The van der Waals surface area contributed by atoms with Crippen LogP contribution in [0.25, 0.3) is 10.9 Å². The van der Waals surface area contributed by atoms with Crippen molar-refractivity contribution in [3.05, 3.63) is 53.1 Å². The smallest absolute Gasteiger partial charge is 0.273 e. The second-order valence-corrected chi connectivity index (χ2v) is 8.61. The fraction of sp³-hybridized carbons (Fsp3) is 0.440. The number of rotatable bonds is 8. The van der Waals surface area contributed by atoms with Gasteiger partial charge in [0.25, 0.3) is 5.92 Å². The molecule has 1 fully saturated rings. The zero-order valence-corrected chi connectivity index (χ0v) is 20.1. The Balaban J connectivity index is 1.66. The van der Waals surface area contributed by atoms with E-state index < -0.39 is 23.3 Å². The van der Waals surface area contributed by atoms with Gasteiger partial charge in [-0.1, -0.05) is 18.2 Å². The SMILES string of the molecule is COc1cc2nc(C)nc(N[C@H](C)c3cccc(C(C)(F)F)c3F)c2cc1OC[C@H]1CNCCO1. The van der Waals surface area contributed by atoms with Gasteiger partial charge in [-0.25, -0.2) is 23.1 Å². The van der Waals surface area contributed by atoms with E-state index in [4.69, 9.17) is 14.2 Å². The molecule has 2 heterocycles. The zero-order chi connectivity index (χ0) is 25.2. The predicted molar refractivity (Wildman–Crippen MR) is 127 cm³/mol. The molecule has 0 spiro atoms. The summed E-state index contributed by atoms with van der Waals surface area (Å²) in [5, 5.41) is 7.04. The Bertz CT molecular complexity index is 1200. The predicted octanol–water partition coefficient (Wildman–Crippen LogP) is 4.74. The molecule has 0 bridgehead atoms. The number of benzene rings is 2. The topological polar surface area (TPSA) is 77.5 Å². The Morgan fingerprint density at radius 3 is 2.74 bits per heavy atom. The van der Waals surface area contributed by atoms with Gasteiger partial charge < -0.3 is 24.8 Å². The number of halogens is 3. The minimum atomic E-state index is -3.29. The first-order chi connectivity index (χ1) is 16.7. The highest BCUT2D eigenvalue weighted by Crippen LogP contribution is 2.37. The first-order valence-corrected chi connectivity index (χ1v) is 11.4. The van der Waals surface area contributed by atoms with Crippen LogP contribution in [-0.2, 0) is 10.7 Å². The van der Waals surface area contributed by atoms with Gasteiger partial charge in [-0.15, -0.1) is 0 Å². The summed E-state index contributed by atoms with van der Waals surface area (Å²) in [6.45, 7) is 6.53. The van der Waals surface area contributed by atoms with Gasteiger partial charge in [0.1, 0.15) is 30.2 Å². The molecule has 3 aromatic rings. The lowest BCUT2D eigenvalue weighted by Crippen LogP contribution is -2.41. The molecule has 0 amide bonds. The number of fused-ring (bicyclic) bond motifs is 1. The summed E-state index contributed by atoms with van der Waals surface area (Å²) in [5.74, 6) is -2.34. The van der Waals surface area contributed by atoms with Crippen LogP contribution in [0.15, 0.2) is 30.3 Å². The van der Waals surface area contributed by atoms with Crippen molar-refractivity contribution >= 4 is 16.7 Å². The number of alkyl halides is 2. The molecule has 7 nitrogen and oxygen atoms in total. The minimum Gasteiger partial charge on any atom is -0.493 e. The average Bonchev–Trinajstić information content (AvgIpc) is 2.82. The molecule has 2 N–H and O–H groups in total. The number of methoxy groups -OCH3 is 1. The van der Waals surface area contributed by atoms with E-state index in [2.05, 4.69) is 20.6 Å². The molecule has 0 radical (unpaired) electrons. The van der Waals surface area contributed by atoms with Gasteiger partial charge in [0.2, 0.25) is 0 Å². The van der Waals surface area contributed by atoms with E-state index in [9.17, 15) is 13.2 Å². The van der Waals surface area contributed by atoms with E-state index in [1.54, 1.807) is 33.1 Å². The number of anilines is 1. The lowest BCUT2D eigenvalue weighted by molar-refractivity contribution is -0.000234. The molecule has 4 rings (SSSR count). The maximum absolute atomic E-state index is 14.9. The Morgan fingerprint density at radius 1 is 1.26 bits per heavy atom. The van der Waals surface area contributed by atoms with Crippen LogP contribution in [0.3, 0.4) is 0 Å². The number of ether oxygens (including phenoxy) is 3. The molecule has 0 aliphatic carbocycles. The Kier molecular flexibility index (Phi) is 7.32. The quantitative estimate of drug-likeness (QED) is 0.472. The molecule has 1 aromatic heterocycles. The summed E-state index contributed by atoms with van der Waals surface area (Å²) in [5.41, 5.74) is 0.0638. The van der Waals surface area contributed by atoms with Crippen LogP contribution < -0.4 is 20.1 Å². The lowest BCUT2D eigenvalue weighted by Gasteiger charge is -2.24. The number of aromatic nitrogens is 2. The largest absolute Gasteiger partial charge is 0.493 e. The molecule has 0 saturated carbocycles. The van der Waals surface area contributed by atoms with Crippen LogP contribution in [0.1, 0.15) is 36.8 Å². The summed E-state index contributed by atoms with van der Waals surface area (Å²) >= 11 is 0. The number of aryl methyl sites for hydroxylation is 1. The van der Waals surface area contributed by atoms with Crippen molar-refractivity contribution in [3.8, 4) is 11.5 Å². The van der Waals surface area contributed by atoms with Gasteiger partial charge in [0, 0.05) is 37.0 Å². The number of nitrogens with one attached hydrogen (secondary N) is 2. The molecule has 10 heteroatoms. The van der Waals surface area contributed by atoms with Crippen molar-refractivity contribution < 1.29 is 27.4 Å². The van der Waals surface area contributed by atoms with Crippen LogP contribution >= 0.6 is 0 Å². The van der Waals surface area contributed by atoms with Crippen molar-refractivity contribution in [2.75, 3.05) is 38.7 Å². The van der Waals surface area contributed by atoms with Crippen LogP contribution in [0.2, 0.25) is 0 Å².